The second-order valence-electron chi connectivity index (χ2n) is 4.30. The summed E-state index contributed by atoms with van der Waals surface area (Å²) in [6, 6.07) is 14.1. The molecule has 2 rings (SSSR count). The Kier molecular flexibility index (Phi) is 3.95. The molecule has 21 heavy (non-hydrogen) atoms. The van der Waals surface area contributed by atoms with Gasteiger partial charge in [0.15, 0.2) is 0 Å². The normalized spacial score (nSPS) is 9.71. The number of rotatable bonds is 3. The lowest BCUT2D eigenvalue weighted by atomic mass is 10.1. The van der Waals surface area contributed by atoms with Crippen LogP contribution < -0.4 is 4.90 Å². The SMILES string of the molecule is CN(C(=O)c1ccc([N+](=O)[O-])cc1)c1ccccc1C#N. The topological polar surface area (TPSA) is 87.2 Å². The van der Waals surface area contributed by atoms with Crippen molar-refractivity contribution in [2.45, 2.75) is 0 Å². The van der Waals surface area contributed by atoms with Gasteiger partial charge in [-0.25, -0.2) is 0 Å². The standard InChI is InChI=1S/C15H11N3O3/c1-17(14-5-3-2-4-12(14)10-16)15(19)11-6-8-13(9-7-11)18(20)21/h2-9H,1H3. The molecule has 0 unspecified atom stereocenters. The molecule has 2 aromatic rings. The first-order chi connectivity index (χ1) is 10.0. The molecule has 0 aromatic heterocycles. The largest absolute Gasteiger partial charge is 0.310 e. The molecule has 0 bridgehead atoms. The lowest BCUT2D eigenvalue weighted by Crippen LogP contribution is -2.26. The van der Waals surface area contributed by atoms with Crippen LogP contribution in [0.2, 0.25) is 0 Å². The summed E-state index contributed by atoms with van der Waals surface area (Å²) in [5, 5.41) is 19.6. The van der Waals surface area contributed by atoms with E-state index < -0.39 is 4.92 Å². The molecule has 0 aliphatic carbocycles. The maximum Gasteiger partial charge on any atom is 0.269 e. The van der Waals surface area contributed by atoms with Crippen LogP contribution >= 0.6 is 0 Å². The van der Waals surface area contributed by atoms with Crippen LogP contribution in [0, 0.1) is 21.4 Å². The van der Waals surface area contributed by atoms with Crippen LogP contribution in [0.5, 0.6) is 0 Å². The Morgan fingerprint density at radius 3 is 2.38 bits per heavy atom. The number of hydrogen-bond acceptors (Lipinski definition) is 4. The van der Waals surface area contributed by atoms with Gasteiger partial charge in [0.1, 0.15) is 6.07 Å². The molecular formula is C15H11N3O3. The summed E-state index contributed by atoms with van der Waals surface area (Å²) in [6.07, 6.45) is 0. The summed E-state index contributed by atoms with van der Waals surface area (Å²) in [5.74, 6) is -0.340. The van der Waals surface area contributed by atoms with Crippen molar-refractivity contribution in [2.75, 3.05) is 11.9 Å². The van der Waals surface area contributed by atoms with E-state index in [0.29, 0.717) is 16.8 Å². The second-order valence-corrected chi connectivity index (χ2v) is 4.30. The Morgan fingerprint density at radius 1 is 1.19 bits per heavy atom. The number of nitro benzene ring substituents is 1. The fourth-order valence-corrected chi connectivity index (χ4v) is 1.89. The number of non-ortho nitro benzene ring substituents is 1. The van der Waals surface area contributed by atoms with Crippen molar-refractivity contribution in [1.29, 1.82) is 5.26 Å². The van der Waals surface area contributed by atoms with Gasteiger partial charge in [0.25, 0.3) is 11.6 Å². The number of amides is 1. The molecule has 6 heteroatoms. The molecule has 0 aliphatic rings. The van der Waals surface area contributed by atoms with Gasteiger partial charge >= 0.3 is 0 Å². The third-order valence-corrected chi connectivity index (χ3v) is 3.02. The van der Waals surface area contributed by atoms with E-state index in [0.717, 1.165) is 0 Å². The number of benzene rings is 2. The summed E-state index contributed by atoms with van der Waals surface area (Å²) in [6.45, 7) is 0. The summed E-state index contributed by atoms with van der Waals surface area (Å²) < 4.78 is 0. The van der Waals surface area contributed by atoms with Crippen LogP contribution in [0.1, 0.15) is 15.9 Å². The summed E-state index contributed by atoms with van der Waals surface area (Å²) in [7, 11) is 1.56. The Balaban J connectivity index is 2.31. The first-order valence-corrected chi connectivity index (χ1v) is 6.06. The van der Waals surface area contributed by atoms with E-state index in [9.17, 15) is 14.9 Å². The second kappa shape index (κ2) is 5.84. The number of nitro groups is 1. The summed E-state index contributed by atoms with van der Waals surface area (Å²) >= 11 is 0. The Hall–Kier alpha value is -3.20. The van der Waals surface area contributed by atoms with Crippen molar-refractivity contribution in [3.63, 3.8) is 0 Å². The van der Waals surface area contributed by atoms with Gasteiger partial charge in [-0.1, -0.05) is 12.1 Å². The molecule has 0 heterocycles. The zero-order valence-electron chi connectivity index (χ0n) is 11.2. The fourth-order valence-electron chi connectivity index (χ4n) is 1.89. The third-order valence-electron chi connectivity index (χ3n) is 3.02. The number of anilines is 1. The smallest absolute Gasteiger partial charge is 0.269 e. The van der Waals surface area contributed by atoms with E-state index in [1.165, 1.54) is 29.2 Å². The molecule has 0 fully saturated rings. The predicted octanol–water partition coefficient (Wildman–Crippen LogP) is 2.74. The van der Waals surface area contributed by atoms with Crippen molar-refractivity contribution < 1.29 is 9.72 Å². The first-order valence-electron chi connectivity index (χ1n) is 6.06. The van der Waals surface area contributed by atoms with Crippen molar-refractivity contribution >= 4 is 17.3 Å². The van der Waals surface area contributed by atoms with Crippen LogP contribution in [0.25, 0.3) is 0 Å². The Labute approximate surface area is 121 Å². The highest BCUT2D eigenvalue weighted by molar-refractivity contribution is 6.06. The van der Waals surface area contributed by atoms with Gasteiger partial charge in [-0.3, -0.25) is 14.9 Å². The zero-order chi connectivity index (χ0) is 15.4. The van der Waals surface area contributed by atoms with E-state index in [1.54, 1.807) is 31.3 Å². The average Bonchev–Trinajstić information content (AvgIpc) is 2.53. The van der Waals surface area contributed by atoms with Crippen molar-refractivity contribution in [3.05, 3.63) is 69.8 Å². The van der Waals surface area contributed by atoms with Crippen LogP contribution in [-0.4, -0.2) is 17.9 Å². The number of carbonyl (C=O) groups is 1. The molecular weight excluding hydrogens is 270 g/mol. The van der Waals surface area contributed by atoms with Crippen LogP contribution in [0.3, 0.4) is 0 Å². The van der Waals surface area contributed by atoms with Crippen LogP contribution in [0.4, 0.5) is 11.4 Å². The van der Waals surface area contributed by atoms with Gasteiger partial charge in [0, 0.05) is 24.7 Å². The molecule has 6 nitrogen and oxygen atoms in total. The highest BCUT2D eigenvalue weighted by Crippen LogP contribution is 2.21. The van der Waals surface area contributed by atoms with Crippen molar-refractivity contribution in [1.82, 2.24) is 0 Å². The van der Waals surface area contributed by atoms with Crippen LogP contribution in [-0.2, 0) is 0 Å². The Morgan fingerprint density at radius 2 is 1.81 bits per heavy atom. The minimum Gasteiger partial charge on any atom is -0.310 e. The first kappa shape index (κ1) is 14.2. The van der Waals surface area contributed by atoms with E-state index in [4.69, 9.17) is 5.26 Å². The molecule has 0 radical (unpaired) electrons. The number of nitriles is 1. The lowest BCUT2D eigenvalue weighted by molar-refractivity contribution is -0.384. The molecule has 1 amide bonds. The van der Waals surface area contributed by atoms with Gasteiger partial charge in [-0.15, -0.1) is 0 Å². The summed E-state index contributed by atoms with van der Waals surface area (Å²) in [5.41, 5.74) is 1.11. The maximum atomic E-state index is 12.3. The van der Waals surface area contributed by atoms with Gasteiger partial charge in [0.05, 0.1) is 16.2 Å². The zero-order valence-corrected chi connectivity index (χ0v) is 11.2. The molecule has 0 atom stereocenters. The van der Waals surface area contributed by atoms with E-state index in [-0.39, 0.29) is 11.6 Å². The minimum absolute atomic E-state index is 0.0772. The molecule has 0 spiro atoms. The molecule has 0 aliphatic heterocycles. The Bertz CT molecular complexity index is 733. The van der Waals surface area contributed by atoms with Gasteiger partial charge < -0.3 is 4.90 Å². The molecule has 0 saturated carbocycles. The van der Waals surface area contributed by atoms with Gasteiger partial charge in [0.2, 0.25) is 0 Å². The fraction of sp³-hybridized carbons (Fsp3) is 0.0667. The minimum atomic E-state index is -0.525. The number of para-hydroxylation sites is 1. The molecule has 104 valence electrons. The number of hydrogen-bond donors (Lipinski definition) is 0. The quantitative estimate of drug-likeness (QED) is 0.639. The predicted molar refractivity (Wildman–Crippen MR) is 77.0 cm³/mol. The number of carbonyl (C=O) groups excluding carboxylic acids is 1. The van der Waals surface area contributed by atoms with E-state index in [1.807, 2.05) is 6.07 Å². The maximum absolute atomic E-state index is 12.3. The summed E-state index contributed by atoms with van der Waals surface area (Å²) in [4.78, 5) is 23.8. The average molecular weight is 281 g/mol. The lowest BCUT2D eigenvalue weighted by Gasteiger charge is -2.18. The van der Waals surface area contributed by atoms with Crippen molar-refractivity contribution in [3.8, 4) is 6.07 Å². The highest BCUT2D eigenvalue weighted by Gasteiger charge is 2.17. The van der Waals surface area contributed by atoms with Crippen molar-refractivity contribution in [2.24, 2.45) is 0 Å². The monoisotopic (exact) mass is 281 g/mol. The van der Waals surface area contributed by atoms with E-state index in [2.05, 4.69) is 0 Å². The van der Waals surface area contributed by atoms with E-state index >= 15 is 0 Å². The van der Waals surface area contributed by atoms with Crippen LogP contribution in [0.15, 0.2) is 48.5 Å². The van der Waals surface area contributed by atoms with Gasteiger partial charge in [-0.2, -0.15) is 5.26 Å². The number of nitrogens with zero attached hydrogens (tertiary/aromatic N) is 3. The van der Waals surface area contributed by atoms with Gasteiger partial charge in [-0.05, 0) is 24.3 Å². The molecule has 0 N–H and O–H groups in total. The molecule has 2 aromatic carbocycles. The third kappa shape index (κ3) is 2.87. The highest BCUT2D eigenvalue weighted by atomic mass is 16.6. The molecule has 0 saturated heterocycles.